The van der Waals surface area contributed by atoms with E-state index in [-0.39, 0.29) is 29.4 Å². The van der Waals surface area contributed by atoms with Crippen molar-refractivity contribution in [3.8, 4) is 0 Å². The Morgan fingerprint density at radius 1 is 1.04 bits per heavy atom. The lowest BCUT2D eigenvalue weighted by Gasteiger charge is -2.38. The van der Waals surface area contributed by atoms with Crippen LogP contribution >= 0.6 is 0 Å². The fraction of sp³-hybridized carbons (Fsp3) is 0.263. The minimum absolute atomic E-state index is 0.0859. The van der Waals surface area contributed by atoms with E-state index in [9.17, 15) is 17.6 Å². The Kier molecular flexibility index (Phi) is 3.41. The van der Waals surface area contributed by atoms with E-state index in [1.807, 2.05) is 12.2 Å². The summed E-state index contributed by atoms with van der Waals surface area (Å²) < 4.78 is 53.8. The fourth-order valence-corrected chi connectivity index (χ4v) is 3.89. The molecule has 2 aromatic rings. The second-order valence-corrected chi connectivity index (χ2v) is 6.30. The van der Waals surface area contributed by atoms with Crippen molar-refractivity contribution in [2.24, 2.45) is 5.92 Å². The largest absolute Gasteiger partial charge is 0.418 e. The van der Waals surface area contributed by atoms with Gasteiger partial charge in [-0.3, -0.25) is 0 Å². The maximum atomic E-state index is 13.6. The van der Waals surface area contributed by atoms with Crippen LogP contribution in [0, 0.1) is 11.7 Å². The van der Waals surface area contributed by atoms with Crippen LogP contribution in [0.25, 0.3) is 0 Å². The third-order valence-corrected chi connectivity index (χ3v) is 4.91. The van der Waals surface area contributed by atoms with Gasteiger partial charge in [0.15, 0.2) is 0 Å². The third-order valence-electron chi connectivity index (χ3n) is 4.91. The van der Waals surface area contributed by atoms with E-state index in [1.54, 1.807) is 18.2 Å². The van der Waals surface area contributed by atoms with E-state index in [2.05, 4.69) is 5.32 Å². The lowest BCUT2D eigenvalue weighted by atomic mass is 9.76. The number of fused-ring (bicyclic) bond motifs is 3. The molecule has 0 aromatic heterocycles. The van der Waals surface area contributed by atoms with Gasteiger partial charge < -0.3 is 5.32 Å². The van der Waals surface area contributed by atoms with Crippen LogP contribution < -0.4 is 5.32 Å². The van der Waals surface area contributed by atoms with Crippen molar-refractivity contribution in [3.05, 3.63) is 77.1 Å². The first kappa shape index (κ1) is 15.2. The molecule has 4 rings (SSSR count). The van der Waals surface area contributed by atoms with Crippen molar-refractivity contribution in [3.63, 3.8) is 0 Å². The number of hydrogen-bond donors (Lipinski definition) is 1. The average molecular weight is 333 g/mol. The van der Waals surface area contributed by atoms with E-state index in [4.69, 9.17) is 0 Å². The summed E-state index contributed by atoms with van der Waals surface area (Å²) in [6.45, 7) is 0. The highest BCUT2D eigenvalue weighted by Gasteiger charge is 2.42. The highest BCUT2D eigenvalue weighted by atomic mass is 19.4. The van der Waals surface area contributed by atoms with E-state index >= 15 is 0 Å². The molecular formula is C19H15F4N. The zero-order valence-corrected chi connectivity index (χ0v) is 12.6. The molecule has 3 atom stereocenters. The van der Waals surface area contributed by atoms with Gasteiger partial charge in [-0.1, -0.05) is 36.4 Å². The summed E-state index contributed by atoms with van der Waals surface area (Å²) >= 11 is 0. The number of halogens is 4. The molecule has 0 bridgehead atoms. The van der Waals surface area contributed by atoms with Crippen LogP contribution in [-0.2, 0) is 6.18 Å². The normalized spacial score (nSPS) is 25.1. The SMILES string of the molecule is Fc1cccc([C@@H]2Nc3c(cccc3C(F)(F)F)[C@@H]3C=CC[C@@H]32)c1. The molecule has 124 valence electrons. The summed E-state index contributed by atoms with van der Waals surface area (Å²) in [5.74, 6) is -0.383. The molecule has 0 amide bonds. The van der Waals surface area contributed by atoms with Gasteiger partial charge in [-0.15, -0.1) is 0 Å². The fourth-order valence-electron chi connectivity index (χ4n) is 3.89. The number of alkyl halides is 3. The number of nitrogens with one attached hydrogen (secondary N) is 1. The minimum Gasteiger partial charge on any atom is -0.377 e. The van der Waals surface area contributed by atoms with Gasteiger partial charge in [-0.2, -0.15) is 13.2 Å². The number of anilines is 1. The van der Waals surface area contributed by atoms with Gasteiger partial charge >= 0.3 is 6.18 Å². The molecule has 2 aliphatic rings. The number of para-hydroxylation sites is 1. The molecule has 0 saturated heterocycles. The summed E-state index contributed by atoms with van der Waals surface area (Å²) in [5, 5.41) is 3.06. The standard InChI is InChI=1S/C19H15F4N/c20-12-5-1-4-11(10-12)17-14-7-2-6-13(14)15-8-3-9-16(18(15)24-17)19(21,22)23/h1-6,8-10,13-14,17,24H,7H2/t13-,14+,17+/m1/s1. The van der Waals surface area contributed by atoms with Crippen molar-refractivity contribution in [2.45, 2.75) is 24.6 Å². The number of hydrogen-bond acceptors (Lipinski definition) is 1. The summed E-state index contributed by atoms with van der Waals surface area (Å²) in [7, 11) is 0. The van der Waals surface area contributed by atoms with Crippen molar-refractivity contribution < 1.29 is 17.6 Å². The maximum absolute atomic E-state index is 13.6. The molecule has 24 heavy (non-hydrogen) atoms. The Labute approximate surface area is 137 Å². The van der Waals surface area contributed by atoms with Crippen LogP contribution in [0.1, 0.15) is 35.1 Å². The Morgan fingerprint density at radius 2 is 1.83 bits per heavy atom. The van der Waals surface area contributed by atoms with E-state index in [0.717, 1.165) is 12.5 Å². The summed E-state index contributed by atoms with van der Waals surface area (Å²) in [6, 6.07) is 10.0. The van der Waals surface area contributed by atoms with Crippen molar-refractivity contribution in [1.29, 1.82) is 0 Å². The Morgan fingerprint density at radius 3 is 2.58 bits per heavy atom. The van der Waals surface area contributed by atoms with Crippen LogP contribution in [0.15, 0.2) is 54.6 Å². The smallest absolute Gasteiger partial charge is 0.377 e. The van der Waals surface area contributed by atoms with Crippen LogP contribution in [0.3, 0.4) is 0 Å². The summed E-state index contributed by atoms with van der Waals surface area (Å²) in [5.41, 5.74) is 0.791. The molecule has 1 aliphatic carbocycles. The first-order chi connectivity index (χ1) is 11.4. The second-order valence-electron chi connectivity index (χ2n) is 6.30. The lowest BCUT2D eigenvalue weighted by molar-refractivity contribution is -0.137. The maximum Gasteiger partial charge on any atom is 0.418 e. The first-order valence-electron chi connectivity index (χ1n) is 7.84. The molecule has 0 saturated carbocycles. The zero-order chi connectivity index (χ0) is 16.9. The molecule has 2 aromatic carbocycles. The summed E-state index contributed by atoms with van der Waals surface area (Å²) in [4.78, 5) is 0. The predicted molar refractivity (Wildman–Crippen MR) is 84.2 cm³/mol. The minimum atomic E-state index is -4.43. The highest BCUT2D eigenvalue weighted by Crippen LogP contribution is 2.52. The third kappa shape index (κ3) is 2.39. The van der Waals surface area contributed by atoms with Gasteiger partial charge in [-0.25, -0.2) is 4.39 Å². The predicted octanol–water partition coefficient (Wildman–Crippen LogP) is 5.67. The molecule has 5 heteroatoms. The molecular weight excluding hydrogens is 318 g/mol. The van der Waals surface area contributed by atoms with Gasteiger partial charge in [0.2, 0.25) is 0 Å². The van der Waals surface area contributed by atoms with Gasteiger partial charge in [0.1, 0.15) is 5.82 Å². The van der Waals surface area contributed by atoms with E-state index in [0.29, 0.717) is 11.1 Å². The second kappa shape index (κ2) is 5.36. The number of benzene rings is 2. The van der Waals surface area contributed by atoms with Gasteiger partial charge in [0.25, 0.3) is 0 Å². The molecule has 0 radical (unpaired) electrons. The average Bonchev–Trinajstić information content (AvgIpc) is 3.02. The molecule has 1 aliphatic heterocycles. The van der Waals surface area contributed by atoms with Crippen LogP contribution in [0.4, 0.5) is 23.2 Å². The highest BCUT2D eigenvalue weighted by molar-refractivity contribution is 5.65. The zero-order valence-electron chi connectivity index (χ0n) is 12.6. The molecule has 1 nitrogen and oxygen atoms in total. The lowest BCUT2D eigenvalue weighted by Crippen LogP contribution is -2.30. The van der Waals surface area contributed by atoms with Gasteiger partial charge in [0.05, 0.1) is 17.3 Å². The van der Waals surface area contributed by atoms with Gasteiger partial charge in [-0.05, 0) is 41.7 Å². The van der Waals surface area contributed by atoms with Crippen molar-refractivity contribution in [2.75, 3.05) is 5.32 Å². The Hall–Kier alpha value is -2.30. The van der Waals surface area contributed by atoms with Crippen molar-refractivity contribution in [1.82, 2.24) is 0 Å². The number of rotatable bonds is 1. The van der Waals surface area contributed by atoms with Crippen molar-refractivity contribution >= 4 is 5.69 Å². The van der Waals surface area contributed by atoms with E-state index < -0.39 is 11.7 Å². The molecule has 0 spiro atoms. The Bertz CT molecular complexity index is 809. The molecule has 0 unspecified atom stereocenters. The summed E-state index contributed by atoms with van der Waals surface area (Å²) in [6.07, 6.45) is 0.296. The van der Waals surface area contributed by atoms with Crippen LogP contribution in [-0.4, -0.2) is 0 Å². The molecule has 1 heterocycles. The topological polar surface area (TPSA) is 12.0 Å². The van der Waals surface area contributed by atoms with E-state index in [1.165, 1.54) is 18.2 Å². The quantitative estimate of drug-likeness (QED) is 0.524. The first-order valence-corrected chi connectivity index (χ1v) is 7.84. The van der Waals surface area contributed by atoms with Crippen LogP contribution in [0.5, 0.6) is 0 Å². The van der Waals surface area contributed by atoms with Gasteiger partial charge in [0, 0.05) is 5.92 Å². The van der Waals surface area contributed by atoms with Crippen LogP contribution in [0.2, 0.25) is 0 Å². The number of allylic oxidation sites excluding steroid dienone is 2. The molecule has 1 N–H and O–H groups in total. The Balaban J connectivity index is 1.85. The monoisotopic (exact) mass is 333 g/mol. The molecule has 0 fully saturated rings.